The van der Waals surface area contributed by atoms with E-state index in [0.717, 1.165) is 17.7 Å². The molecule has 0 spiro atoms. The second-order valence-electron chi connectivity index (χ2n) is 7.30. The fourth-order valence-electron chi connectivity index (χ4n) is 4.07. The number of rotatable bonds is 7. The molecule has 0 saturated heterocycles. The second kappa shape index (κ2) is 10.3. The van der Waals surface area contributed by atoms with Crippen LogP contribution < -0.4 is 5.32 Å². The van der Waals surface area contributed by atoms with E-state index in [9.17, 15) is 9.59 Å². The van der Waals surface area contributed by atoms with Crippen LogP contribution in [0, 0.1) is 17.8 Å². The van der Waals surface area contributed by atoms with Gasteiger partial charge in [-0.05, 0) is 42.7 Å². The van der Waals surface area contributed by atoms with Crippen LogP contribution in [0.1, 0.15) is 24.4 Å². The molecule has 6 heteroatoms. The summed E-state index contributed by atoms with van der Waals surface area (Å²) in [4.78, 5) is 25.6. The summed E-state index contributed by atoms with van der Waals surface area (Å²) in [5.41, 5.74) is 1.74. The fourth-order valence-corrected chi connectivity index (χ4v) is 4.19. The third kappa shape index (κ3) is 5.03. The molecule has 158 valence electrons. The predicted molar refractivity (Wildman–Crippen MR) is 117 cm³/mol. The Labute approximate surface area is 182 Å². The molecule has 1 aliphatic carbocycles. The second-order valence-corrected chi connectivity index (χ2v) is 7.74. The Morgan fingerprint density at radius 3 is 2.37 bits per heavy atom. The van der Waals surface area contributed by atoms with E-state index in [1.165, 1.54) is 14.2 Å². The molecule has 0 aromatic heterocycles. The molecule has 30 heavy (non-hydrogen) atoms. The standard InChI is InChI=1S/C24H26ClNO4/c1-29-23(27)20-11-7-6-10-19(20)21(24(28)30-2)22(16-12-14-17(25)15-13-16)26-18-8-4-3-5-9-18/h3-6,8-10,12-15,19-22,26H,7,11H2,1-2H3/t19-,20+,21+,22+/m0/s1. The highest BCUT2D eigenvalue weighted by atomic mass is 35.5. The Balaban J connectivity index is 2.07. The minimum atomic E-state index is -0.642. The highest BCUT2D eigenvalue weighted by molar-refractivity contribution is 6.30. The van der Waals surface area contributed by atoms with Crippen molar-refractivity contribution >= 4 is 29.2 Å². The minimum absolute atomic E-state index is 0.312. The molecule has 3 rings (SSSR count). The van der Waals surface area contributed by atoms with Crippen LogP contribution in [0.3, 0.4) is 0 Å². The van der Waals surface area contributed by atoms with Gasteiger partial charge in [0.25, 0.3) is 0 Å². The van der Waals surface area contributed by atoms with E-state index in [1.807, 2.05) is 54.6 Å². The summed E-state index contributed by atoms with van der Waals surface area (Å²) in [5, 5.41) is 4.08. The maximum atomic E-state index is 13.1. The van der Waals surface area contributed by atoms with Gasteiger partial charge in [0.1, 0.15) is 0 Å². The molecule has 0 unspecified atom stereocenters. The van der Waals surface area contributed by atoms with Crippen molar-refractivity contribution in [3.8, 4) is 0 Å². The van der Waals surface area contributed by atoms with Crippen molar-refractivity contribution < 1.29 is 19.1 Å². The van der Waals surface area contributed by atoms with Crippen LogP contribution in [-0.2, 0) is 19.1 Å². The lowest BCUT2D eigenvalue weighted by Gasteiger charge is -2.36. The fraction of sp³-hybridized carbons (Fsp3) is 0.333. The lowest BCUT2D eigenvalue weighted by molar-refractivity contribution is -0.153. The Bertz CT molecular complexity index is 882. The van der Waals surface area contributed by atoms with Crippen LogP contribution in [0.5, 0.6) is 0 Å². The van der Waals surface area contributed by atoms with Gasteiger partial charge in [0.15, 0.2) is 0 Å². The van der Waals surface area contributed by atoms with Gasteiger partial charge in [-0.1, -0.05) is 54.1 Å². The summed E-state index contributed by atoms with van der Waals surface area (Å²) in [7, 11) is 2.75. The van der Waals surface area contributed by atoms with E-state index in [4.69, 9.17) is 21.1 Å². The predicted octanol–water partition coefficient (Wildman–Crippen LogP) is 5.04. The van der Waals surface area contributed by atoms with Gasteiger partial charge < -0.3 is 14.8 Å². The number of carbonyl (C=O) groups is 2. The van der Waals surface area contributed by atoms with Crippen molar-refractivity contribution in [3.05, 3.63) is 77.3 Å². The number of anilines is 1. The molecule has 0 aliphatic heterocycles. The van der Waals surface area contributed by atoms with Gasteiger partial charge in [-0.25, -0.2) is 0 Å². The van der Waals surface area contributed by atoms with E-state index >= 15 is 0 Å². The molecule has 0 bridgehead atoms. The number of nitrogens with one attached hydrogen (secondary N) is 1. The SMILES string of the molecule is COC(=O)[C@H]([C@H]1C=CCC[C@H]1C(=O)OC)[C@H](Nc1ccccc1)c1ccc(Cl)cc1. The number of halogens is 1. The van der Waals surface area contributed by atoms with Crippen LogP contribution in [0.4, 0.5) is 5.69 Å². The van der Waals surface area contributed by atoms with E-state index in [0.29, 0.717) is 11.4 Å². The Kier molecular flexibility index (Phi) is 7.52. The van der Waals surface area contributed by atoms with Crippen LogP contribution >= 0.6 is 11.6 Å². The maximum Gasteiger partial charge on any atom is 0.311 e. The van der Waals surface area contributed by atoms with Crippen molar-refractivity contribution in [1.82, 2.24) is 0 Å². The van der Waals surface area contributed by atoms with Gasteiger partial charge in [-0.2, -0.15) is 0 Å². The largest absolute Gasteiger partial charge is 0.469 e. The number of hydrogen-bond acceptors (Lipinski definition) is 5. The molecule has 1 aliphatic rings. The average molecular weight is 428 g/mol. The van der Waals surface area contributed by atoms with Crippen molar-refractivity contribution in [2.45, 2.75) is 18.9 Å². The zero-order valence-corrected chi connectivity index (χ0v) is 17.8. The van der Waals surface area contributed by atoms with Gasteiger partial charge >= 0.3 is 11.9 Å². The van der Waals surface area contributed by atoms with Gasteiger partial charge in [-0.3, -0.25) is 9.59 Å². The first-order chi connectivity index (χ1) is 14.5. The summed E-state index contributed by atoms with van der Waals surface area (Å²) in [5.74, 6) is -2.12. The third-order valence-corrected chi connectivity index (χ3v) is 5.80. The molecule has 5 nitrogen and oxygen atoms in total. The van der Waals surface area contributed by atoms with Crippen molar-refractivity contribution in [3.63, 3.8) is 0 Å². The van der Waals surface area contributed by atoms with Crippen LogP contribution in [0.2, 0.25) is 5.02 Å². The summed E-state index contributed by atoms with van der Waals surface area (Å²) < 4.78 is 10.2. The number of carbonyl (C=O) groups excluding carboxylic acids is 2. The highest BCUT2D eigenvalue weighted by Crippen LogP contribution is 2.40. The molecule has 0 heterocycles. The minimum Gasteiger partial charge on any atom is -0.469 e. The number of para-hydroxylation sites is 1. The molecule has 0 amide bonds. The molecule has 0 saturated carbocycles. The molecule has 2 aromatic carbocycles. The summed E-state index contributed by atoms with van der Waals surface area (Å²) in [6.07, 6.45) is 5.35. The third-order valence-electron chi connectivity index (χ3n) is 5.54. The number of allylic oxidation sites excluding steroid dienone is 2. The van der Waals surface area contributed by atoms with Crippen LogP contribution in [-0.4, -0.2) is 26.2 Å². The number of esters is 2. The van der Waals surface area contributed by atoms with Crippen molar-refractivity contribution in [2.75, 3.05) is 19.5 Å². The monoisotopic (exact) mass is 427 g/mol. The summed E-state index contributed by atoms with van der Waals surface area (Å²) in [6.45, 7) is 0. The molecule has 0 fully saturated rings. The van der Waals surface area contributed by atoms with E-state index in [2.05, 4.69) is 5.32 Å². The zero-order valence-electron chi connectivity index (χ0n) is 17.1. The highest BCUT2D eigenvalue weighted by Gasteiger charge is 2.43. The Morgan fingerprint density at radius 1 is 1.03 bits per heavy atom. The molecular weight excluding hydrogens is 402 g/mol. The van der Waals surface area contributed by atoms with Gasteiger partial charge in [-0.15, -0.1) is 0 Å². The van der Waals surface area contributed by atoms with Crippen LogP contribution in [0.25, 0.3) is 0 Å². The number of methoxy groups -OCH3 is 2. The van der Waals surface area contributed by atoms with Gasteiger partial charge in [0, 0.05) is 16.6 Å². The Morgan fingerprint density at radius 2 is 1.73 bits per heavy atom. The summed E-state index contributed by atoms with van der Waals surface area (Å²) >= 11 is 6.09. The topological polar surface area (TPSA) is 64.6 Å². The van der Waals surface area contributed by atoms with E-state index in [-0.39, 0.29) is 17.9 Å². The van der Waals surface area contributed by atoms with Crippen molar-refractivity contribution in [1.29, 1.82) is 0 Å². The first kappa shape index (κ1) is 21.9. The first-order valence-electron chi connectivity index (χ1n) is 9.94. The van der Waals surface area contributed by atoms with Gasteiger partial charge in [0.2, 0.25) is 0 Å². The van der Waals surface area contributed by atoms with Crippen LogP contribution in [0.15, 0.2) is 66.7 Å². The lowest BCUT2D eigenvalue weighted by atomic mass is 9.72. The number of hydrogen-bond donors (Lipinski definition) is 1. The number of benzene rings is 2. The normalized spacial score (nSPS) is 20.1. The zero-order chi connectivity index (χ0) is 21.5. The summed E-state index contributed by atoms with van der Waals surface area (Å²) in [6, 6.07) is 16.6. The van der Waals surface area contributed by atoms with E-state index < -0.39 is 17.9 Å². The Hall–Kier alpha value is -2.79. The maximum absolute atomic E-state index is 13.1. The molecule has 1 N–H and O–H groups in total. The van der Waals surface area contributed by atoms with E-state index in [1.54, 1.807) is 12.1 Å². The number of ether oxygens (including phenoxy) is 2. The quantitative estimate of drug-likeness (QED) is 0.495. The lowest BCUT2D eigenvalue weighted by Crippen LogP contribution is -2.40. The molecule has 0 radical (unpaired) electrons. The molecule has 4 atom stereocenters. The average Bonchev–Trinajstić information content (AvgIpc) is 2.79. The van der Waals surface area contributed by atoms with Gasteiger partial charge in [0.05, 0.1) is 32.1 Å². The molecule has 2 aromatic rings. The van der Waals surface area contributed by atoms with Crippen molar-refractivity contribution in [2.24, 2.45) is 17.8 Å². The smallest absolute Gasteiger partial charge is 0.311 e. The molecular formula is C24H26ClNO4. The first-order valence-corrected chi connectivity index (χ1v) is 10.3.